The smallest absolute Gasteiger partial charge is 0.305 e. The topological polar surface area (TPSA) is 85.2 Å². The van der Waals surface area contributed by atoms with E-state index in [1.165, 1.54) is 6.08 Å². The zero-order chi connectivity index (χ0) is 18.0. The van der Waals surface area contributed by atoms with Crippen LogP contribution < -0.4 is 0 Å². The largest absolute Gasteiger partial charge is 0.463 e. The molecule has 0 N–H and O–H groups in total. The second-order valence-corrected chi connectivity index (χ2v) is 5.96. The number of unbranched alkanes of at least 4 members (excludes halogenated alkanes) is 3. The van der Waals surface area contributed by atoms with E-state index in [1.54, 1.807) is 6.08 Å². The summed E-state index contributed by atoms with van der Waals surface area (Å²) in [6, 6.07) is -0.399. The molecule has 6 nitrogen and oxygen atoms in total. The van der Waals surface area contributed by atoms with E-state index in [4.69, 9.17) is 4.74 Å². The number of aliphatic imine (C=N–C) groups is 2. The SMILES string of the molecule is CCCCCC(=O)OCC(CCCC(CCCC)N=C=O)N=C=O. The Labute approximate surface area is 144 Å². The number of carbonyl (C=O) groups excluding carboxylic acids is 3. The van der Waals surface area contributed by atoms with Gasteiger partial charge in [-0.1, -0.05) is 39.5 Å². The Morgan fingerprint density at radius 2 is 1.46 bits per heavy atom. The molecule has 0 saturated carbocycles. The summed E-state index contributed by atoms with van der Waals surface area (Å²) in [7, 11) is 0. The molecule has 0 saturated heterocycles. The van der Waals surface area contributed by atoms with Gasteiger partial charge in [-0.2, -0.15) is 4.99 Å². The Bertz CT molecular complexity index is 427. The summed E-state index contributed by atoms with van der Waals surface area (Å²) in [5, 5.41) is 0. The molecular formula is C18H30N2O4. The molecule has 0 aromatic carbocycles. The molecule has 0 aromatic rings. The predicted octanol–water partition coefficient (Wildman–Crippen LogP) is 3.88. The summed E-state index contributed by atoms with van der Waals surface area (Å²) in [5.41, 5.74) is 0. The molecular weight excluding hydrogens is 308 g/mol. The summed E-state index contributed by atoms with van der Waals surface area (Å²) < 4.78 is 5.18. The van der Waals surface area contributed by atoms with E-state index >= 15 is 0 Å². The monoisotopic (exact) mass is 338 g/mol. The van der Waals surface area contributed by atoms with E-state index in [2.05, 4.69) is 23.8 Å². The molecule has 0 aliphatic rings. The quantitative estimate of drug-likeness (QED) is 0.196. The van der Waals surface area contributed by atoms with Gasteiger partial charge in [0.1, 0.15) is 6.61 Å². The Balaban J connectivity index is 4.16. The number of hydrogen-bond acceptors (Lipinski definition) is 6. The first-order valence-electron chi connectivity index (χ1n) is 8.97. The minimum Gasteiger partial charge on any atom is -0.463 e. The maximum Gasteiger partial charge on any atom is 0.305 e. The third-order valence-corrected chi connectivity index (χ3v) is 3.86. The van der Waals surface area contributed by atoms with Crippen molar-refractivity contribution < 1.29 is 19.1 Å². The zero-order valence-electron chi connectivity index (χ0n) is 15.0. The minimum atomic E-state index is -0.371. The van der Waals surface area contributed by atoms with Crippen molar-refractivity contribution in [2.75, 3.05) is 6.61 Å². The van der Waals surface area contributed by atoms with Crippen LogP contribution in [0.5, 0.6) is 0 Å². The molecule has 0 aliphatic carbocycles. The van der Waals surface area contributed by atoms with Crippen molar-refractivity contribution in [1.29, 1.82) is 0 Å². The van der Waals surface area contributed by atoms with Crippen LogP contribution in [0.4, 0.5) is 0 Å². The van der Waals surface area contributed by atoms with E-state index < -0.39 is 0 Å². The molecule has 0 bridgehead atoms. The first-order valence-corrected chi connectivity index (χ1v) is 8.97. The average molecular weight is 338 g/mol. The van der Waals surface area contributed by atoms with Gasteiger partial charge in [-0.05, 0) is 32.1 Å². The number of carbonyl (C=O) groups is 1. The van der Waals surface area contributed by atoms with Crippen molar-refractivity contribution >= 4 is 18.1 Å². The lowest BCUT2D eigenvalue weighted by atomic mass is 10.0. The first-order chi connectivity index (χ1) is 11.7. The average Bonchev–Trinajstić information content (AvgIpc) is 2.57. The number of ether oxygens (including phenoxy) is 1. The van der Waals surface area contributed by atoms with Gasteiger partial charge in [0.25, 0.3) is 0 Å². The van der Waals surface area contributed by atoms with Crippen LogP contribution in [0.2, 0.25) is 0 Å². The highest BCUT2D eigenvalue weighted by molar-refractivity contribution is 5.69. The summed E-state index contributed by atoms with van der Waals surface area (Å²) in [6.45, 7) is 4.27. The van der Waals surface area contributed by atoms with Gasteiger partial charge in [-0.3, -0.25) is 4.79 Å². The van der Waals surface area contributed by atoms with Crippen molar-refractivity contribution in [1.82, 2.24) is 0 Å². The fourth-order valence-electron chi connectivity index (χ4n) is 2.42. The molecule has 6 heteroatoms. The number of rotatable bonds is 15. The second kappa shape index (κ2) is 16.1. The number of hydrogen-bond donors (Lipinski definition) is 0. The Morgan fingerprint density at radius 1 is 0.875 bits per heavy atom. The van der Waals surface area contributed by atoms with Crippen LogP contribution in [-0.4, -0.2) is 36.8 Å². The van der Waals surface area contributed by atoms with Crippen molar-refractivity contribution in [2.24, 2.45) is 9.98 Å². The maximum absolute atomic E-state index is 11.6. The van der Waals surface area contributed by atoms with Crippen LogP contribution in [0, 0.1) is 0 Å². The van der Waals surface area contributed by atoms with Crippen molar-refractivity contribution in [3.05, 3.63) is 0 Å². The van der Waals surface area contributed by atoms with Crippen LogP contribution in [0.15, 0.2) is 9.98 Å². The Morgan fingerprint density at radius 3 is 2.08 bits per heavy atom. The van der Waals surface area contributed by atoms with E-state index in [-0.39, 0.29) is 24.7 Å². The summed E-state index contributed by atoms with van der Waals surface area (Å²) >= 11 is 0. The molecule has 0 aliphatic heterocycles. The molecule has 0 amide bonds. The number of isocyanates is 2. The molecule has 0 rings (SSSR count). The summed E-state index contributed by atoms with van der Waals surface area (Å²) in [6.07, 6.45) is 11.5. The molecule has 0 radical (unpaired) electrons. The molecule has 24 heavy (non-hydrogen) atoms. The van der Waals surface area contributed by atoms with Crippen LogP contribution in [0.1, 0.15) is 78.1 Å². The van der Waals surface area contributed by atoms with Crippen molar-refractivity contribution in [2.45, 2.75) is 90.1 Å². The fourth-order valence-corrected chi connectivity index (χ4v) is 2.42. The third kappa shape index (κ3) is 12.7. The molecule has 0 fully saturated rings. The minimum absolute atomic E-state index is 0.0279. The van der Waals surface area contributed by atoms with Gasteiger partial charge in [0.15, 0.2) is 0 Å². The van der Waals surface area contributed by atoms with E-state index in [9.17, 15) is 14.4 Å². The van der Waals surface area contributed by atoms with Gasteiger partial charge in [0.2, 0.25) is 12.2 Å². The van der Waals surface area contributed by atoms with Gasteiger partial charge in [-0.25, -0.2) is 14.6 Å². The molecule has 0 aromatic heterocycles. The Hall–Kier alpha value is -1.77. The van der Waals surface area contributed by atoms with E-state index in [1.807, 2.05) is 0 Å². The third-order valence-electron chi connectivity index (χ3n) is 3.86. The van der Waals surface area contributed by atoms with Crippen molar-refractivity contribution in [3.8, 4) is 0 Å². The van der Waals surface area contributed by atoms with E-state index in [0.717, 1.165) is 51.4 Å². The molecule has 0 spiro atoms. The lowest BCUT2D eigenvalue weighted by Crippen LogP contribution is -2.18. The van der Waals surface area contributed by atoms with Gasteiger partial charge >= 0.3 is 5.97 Å². The van der Waals surface area contributed by atoms with Crippen LogP contribution >= 0.6 is 0 Å². The normalized spacial score (nSPS) is 12.6. The second-order valence-electron chi connectivity index (χ2n) is 5.96. The van der Waals surface area contributed by atoms with Gasteiger partial charge in [0.05, 0.1) is 12.1 Å². The standard InChI is InChI=1S/C18H30N2O4/c1-3-5-7-12-18(23)24-13-17(20-15-22)11-8-10-16(19-14-21)9-6-4-2/h16-17H,3-13H2,1-2H3. The van der Waals surface area contributed by atoms with Gasteiger partial charge in [0, 0.05) is 6.42 Å². The van der Waals surface area contributed by atoms with Crippen molar-refractivity contribution in [3.63, 3.8) is 0 Å². The molecule has 0 heterocycles. The lowest BCUT2D eigenvalue weighted by Gasteiger charge is -2.13. The lowest BCUT2D eigenvalue weighted by molar-refractivity contribution is -0.144. The number of esters is 1. The number of nitrogens with zero attached hydrogens (tertiary/aromatic N) is 2. The predicted molar refractivity (Wildman–Crippen MR) is 92.3 cm³/mol. The van der Waals surface area contributed by atoms with Crippen LogP contribution in [-0.2, 0) is 19.1 Å². The molecule has 2 unspecified atom stereocenters. The van der Waals surface area contributed by atoms with Gasteiger partial charge < -0.3 is 4.74 Å². The highest BCUT2D eigenvalue weighted by atomic mass is 16.5. The first kappa shape index (κ1) is 22.2. The van der Waals surface area contributed by atoms with Crippen LogP contribution in [0.25, 0.3) is 0 Å². The summed E-state index contributed by atoms with van der Waals surface area (Å²) in [4.78, 5) is 40.1. The summed E-state index contributed by atoms with van der Waals surface area (Å²) in [5.74, 6) is -0.249. The van der Waals surface area contributed by atoms with Crippen LogP contribution in [0.3, 0.4) is 0 Å². The maximum atomic E-state index is 11.6. The fraction of sp³-hybridized carbons (Fsp3) is 0.833. The zero-order valence-corrected chi connectivity index (χ0v) is 15.0. The van der Waals surface area contributed by atoms with E-state index in [0.29, 0.717) is 12.8 Å². The molecule has 136 valence electrons. The van der Waals surface area contributed by atoms with Gasteiger partial charge in [-0.15, -0.1) is 0 Å². The highest BCUT2D eigenvalue weighted by Gasteiger charge is 2.13. The Kier molecular flexibility index (Phi) is 14.9. The molecule has 2 atom stereocenters. The highest BCUT2D eigenvalue weighted by Crippen LogP contribution is 2.14.